The summed E-state index contributed by atoms with van der Waals surface area (Å²) in [6, 6.07) is 0.414. The fourth-order valence-corrected chi connectivity index (χ4v) is 4.23. The Hall–Kier alpha value is -0.260. The van der Waals surface area contributed by atoms with Gasteiger partial charge in [0.05, 0.1) is 12.1 Å². The van der Waals surface area contributed by atoms with Crippen LogP contribution in [-0.2, 0) is 9.53 Å². The van der Waals surface area contributed by atoms with E-state index in [2.05, 4.69) is 10.6 Å². The molecule has 1 atom stereocenters. The van der Waals surface area contributed by atoms with Crippen LogP contribution in [0.4, 0.5) is 0 Å². The molecule has 116 valence electrons. The molecule has 0 aliphatic carbocycles. The molecule has 4 nitrogen and oxygen atoms in total. The van der Waals surface area contributed by atoms with Gasteiger partial charge in [0.2, 0.25) is 5.91 Å². The first-order valence-electron chi connectivity index (χ1n) is 7.65. The molecule has 5 heteroatoms. The summed E-state index contributed by atoms with van der Waals surface area (Å²) in [7, 11) is 0. The number of amides is 1. The lowest BCUT2D eigenvalue weighted by Crippen LogP contribution is -2.52. The molecule has 2 rings (SSSR count). The largest absolute Gasteiger partial charge is 0.375 e. The molecule has 2 aliphatic rings. The molecule has 0 radical (unpaired) electrons. The first kappa shape index (κ1) is 16.1. The molecule has 0 bridgehead atoms. The van der Waals surface area contributed by atoms with Crippen LogP contribution in [0, 0.1) is 0 Å². The van der Waals surface area contributed by atoms with Gasteiger partial charge < -0.3 is 15.4 Å². The van der Waals surface area contributed by atoms with Crippen LogP contribution in [0.2, 0.25) is 0 Å². The Labute approximate surface area is 126 Å². The van der Waals surface area contributed by atoms with Crippen molar-refractivity contribution in [2.45, 2.75) is 63.6 Å². The number of hydrogen-bond acceptors (Lipinski definition) is 4. The summed E-state index contributed by atoms with van der Waals surface area (Å²) in [5.41, 5.74) is -0.0715. The summed E-state index contributed by atoms with van der Waals surface area (Å²) in [4.78, 5) is 11.9. The van der Waals surface area contributed by atoms with Crippen molar-refractivity contribution in [3.05, 3.63) is 0 Å². The van der Waals surface area contributed by atoms with Gasteiger partial charge in [0.1, 0.15) is 0 Å². The molecule has 2 fully saturated rings. The molecule has 2 N–H and O–H groups in total. The van der Waals surface area contributed by atoms with Crippen LogP contribution >= 0.6 is 11.8 Å². The lowest BCUT2D eigenvalue weighted by atomic mass is 9.85. The highest BCUT2D eigenvalue weighted by Crippen LogP contribution is 2.37. The molecule has 1 spiro atoms. The topological polar surface area (TPSA) is 50.4 Å². The van der Waals surface area contributed by atoms with Crippen molar-refractivity contribution in [2.24, 2.45) is 0 Å². The summed E-state index contributed by atoms with van der Waals surface area (Å²) in [5, 5.41) is 6.41. The maximum Gasteiger partial charge on any atom is 0.234 e. The molecule has 1 amide bonds. The van der Waals surface area contributed by atoms with E-state index in [-0.39, 0.29) is 17.0 Å². The number of thioether (sulfide) groups is 1. The summed E-state index contributed by atoms with van der Waals surface area (Å²) in [6.07, 6.45) is 4.38. The minimum Gasteiger partial charge on any atom is -0.375 e. The van der Waals surface area contributed by atoms with Gasteiger partial charge in [-0.15, -0.1) is 0 Å². The Bertz CT molecular complexity index is 330. The normalized spacial score (nSPS) is 26.4. The van der Waals surface area contributed by atoms with E-state index in [9.17, 15) is 4.79 Å². The van der Waals surface area contributed by atoms with E-state index in [0.29, 0.717) is 12.6 Å². The van der Waals surface area contributed by atoms with Crippen molar-refractivity contribution in [1.29, 1.82) is 0 Å². The van der Waals surface area contributed by atoms with E-state index < -0.39 is 0 Å². The predicted molar refractivity (Wildman–Crippen MR) is 84.2 cm³/mol. The van der Waals surface area contributed by atoms with Gasteiger partial charge in [-0.3, -0.25) is 4.79 Å². The molecule has 0 aromatic rings. The molecule has 2 aliphatic heterocycles. The van der Waals surface area contributed by atoms with E-state index in [1.54, 1.807) is 0 Å². The maximum atomic E-state index is 11.9. The molecule has 1 unspecified atom stereocenters. The predicted octanol–water partition coefficient (Wildman–Crippen LogP) is 1.94. The second-order valence-electron chi connectivity index (χ2n) is 7.01. The third-order valence-corrected chi connectivity index (χ3v) is 4.95. The monoisotopic (exact) mass is 300 g/mol. The van der Waals surface area contributed by atoms with Gasteiger partial charge in [-0.2, -0.15) is 11.8 Å². The van der Waals surface area contributed by atoms with Gasteiger partial charge in [0.25, 0.3) is 0 Å². The molecule has 2 saturated heterocycles. The van der Waals surface area contributed by atoms with Crippen molar-refractivity contribution in [3.8, 4) is 0 Å². The minimum absolute atomic E-state index is 0.0808. The second kappa shape index (κ2) is 6.67. The average molecular weight is 300 g/mol. The van der Waals surface area contributed by atoms with Gasteiger partial charge in [-0.1, -0.05) is 0 Å². The average Bonchev–Trinajstić information content (AvgIpc) is 2.35. The molecule has 0 aromatic heterocycles. The van der Waals surface area contributed by atoms with E-state index in [4.69, 9.17) is 4.74 Å². The van der Waals surface area contributed by atoms with Crippen molar-refractivity contribution >= 4 is 17.7 Å². The van der Waals surface area contributed by atoms with Crippen LogP contribution in [0.3, 0.4) is 0 Å². The summed E-state index contributed by atoms with van der Waals surface area (Å²) in [6.45, 7) is 7.26. The van der Waals surface area contributed by atoms with Crippen LogP contribution < -0.4 is 10.6 Å². The van der Waals surface area contributed by atoms with Gasteiger partial charge in [0.15, 0.2) is 0 Å². The van der Waals surface area contributed by atoms with Crippen LogP contribution in [0.25, 0.3) is 0 Å². The van der Waals surface area contributed by atoms with Crippen LogP contribution in [0.1, 0.15) is 46.5 Å². The Balaban J connectivity index is 1.77. The quantitative estimate of drug-likeness (QED) is 0.836. The Morgan fingerprint density at radius 1 is 1.35 bits per heavy atom. The number of nitrogens with one attached hydrogen (secondary N) is 2. The van der Waals surface area contributed by atoms with Gasteiger partial charge in [0, 0.05) is 18.2 Å². The molecule has 0 saturated carbocycles. The molecule has 0 aromatic carbocycles. The van der Waals surface area contributed by atoms with Gasteiger partial charge in [-0.05, 0) is 58.0 Å². The summed E-state index contributed by atoms with van der Waals surface area (Å²) < 4.78 is 6.07. The zero-order valence-corrected chi connectivity index (χ0v) is 13.8. The minimum atomic E-state index is -0.156. The van der Waals surface area contributed by atoms with Crippen LogP contribution in [-0.4, -0.2) is 47.7 Å². The Kier molecular flexibility index (Phi) is 5.37. The number of carbonyl (C=O) groups excluding carboxylic acids is 1. The SMILES string of the molecule is CC(C)(C)NC(=O)CNC1CCOC2(CCSCC2)C1. The summed E-state index contributed by atoms with van der Waals surface area (Å²) >= 11 is 2.02. The van der Waals surface area contributed by atoms with Crippen molar-refractivity contribution < 1.29 is 9.53 Å². The smallest absolute Gasteiger partial charge is 0.234 e. The lowest BCUT2D eigenvalue weighted by Gasteiger charge is -2.43. The van der Waals surface area contributed by atoms with E-state index in [1.807, 2.05) is 32.5 Å². The Morgan fingerprint density at radius 3 is 2.70 bits per heavy atom. The number of ether oxygens (including phenoxy) is 1. The number of hydrogen-bond donors (Lipinski definition) is 2. The first-order valence-corrected chi connectivity index (χ1v) is 8.80. The zero-order valence-electron chi connectivity index (χ0n) is 13.0. The van der Waals surface area contributed by atoms with Gasteiger partial charge in [-0.25, -0.2) is 0 Å². The lowest BCUT2D eigenvalue weighted by molar-refractivity contribution is -0.122. The molecule has 20 heavy (non-hydrogen) atoms. The maximum absolute atomic E-state index is 11.9. The summed E-state index contributed by atoms with van der Waals surface area (Å²) in [5.74, 6) is 2.49. The van der Waals surface area contributed by atoms with Crippen molar-refractivity contribution in [2.75, 3.05) is 24.7 Å². The standard InChI is InChI=1S/C15H28N2O2S/c1-14(2,3)17-13(18)11-16-12-4-7-19-15(10-12)5-8-20-9-6-15/h12,16H,4-11H2,1-3H3,(H,17,18). The molecular formula is C15H28N2O2S. The first-order chi connectivity index (χ1) is 9.39. The third-order valence-electron chi connectivity index (χ3n) is 3.96. The van der Waals surface area contributed by atoms with Gasteiger partial charge >= 0.3 is 0 Å². The fourth-order valence-electron chi connectivity index (χ4n) is 2.99. The van der Waals surface area contributed by atoms with E-state index in [0.717, 1.165) is 32.3 Å². The third kappa shape index (κ3) is 4.93. The van der Waals surface area contributed by atoms with Crippen LogP contribution in [0.15, 0.2) is 0 Å². The fraction of sp³-hybridized carbons (Fsp3) is 0.933. The van der Waals surface area contributed by atoms with Crippen molar-refractivity contribution in [1.82, 2.24) is 10.6 Å². The van der Waals surface area contributed by atoms with E-state index >= 15 is 0 Å². The number of rotatable bonds is 3. The highest BCUT2D eigenvalue weighted by molar-refractivity contribution is 7.99. The van der Waals surface area contributed by atoms with Crippen LogP contribution in [0.5, 0.6) is 0 Å². The number of carbonyl (C=O) groups is 1. The zero-order chi connectivity index (χ0) is 14.6. The molecular weight excluding hydrogens is 272 g/mol. The van der Waals surface area contributed by atoms with E-state index in [1.165, 1.54) is 11.5 Å². The second-order valence-corrected chi connectivity index (χ2v) is 8.24. The highest BCUT2D eigenvalue weighted by atomic mass is 32.2. The van der Waals surface area contributed by atoms with Crippen molar-refractivity contribution in [3.63, 3.8) is 0 Å². The highest BCUT2D eigenvalue weighted by Gasteiger charge is 2.38. The molecule has 2 heterocycles. The Morgan fingerprint density at radius 2 is 2.05 bits per heavy atom.